The van der Waals surface area contributed by atoms with Crippen molar-refractivity contribution in [1.82, 2.24) is 4.90 Å². The predicted molar refractivity (Wildman–Crippen MR) is 51.5 cm³/mol. The molecule has 0 saturated heterocycles. The van der Waals surface area contributed by atoms with Gasteiger partial charge in [0.2, 0.25) is 5.91 Å². The molecule has 4 nitrogen and oxygen atoms in total. The lowest BCUT2D eigenvalue weighted by atomic mass is 10.3. The lowest BCUT2D eigenvalue weighted by Crippen LogP contribution is -2.36. The molecule has 0 aromatic carbocycles. The molecule has 0 unspecified atom stereocenters. The van der Waals surface area contributed by atoms with E-state index in [0.29, 0.717) is 25.6 Å². The SMILES string of the molecule is CCOCC(=O)N(CCC#N)C1CC1. The van der Waals surface area contributed by atoms with Gasteiger partial charge in [-0.25, -0.2) is 0 Å². The highest BCUT2D eigenvalue weighted by Crippen LogP contribution is 2.26. The van der Waals surface area contributed by atoms with Gasteiger partial charge in [-0.2, -0.15) is 5.26 Å². The smallest absolute Gasteiger partial charge is 0.248 e. The second-order valence-corrected chi connectivity index (χ2v) is 3.36. The molecule has 1 aliphatic carbocycles. The Morgan fingerprint density at radius 1 is 1.64 bits per heavy atom. The van der Waals surface area contributed by atoms with Gasteiger partial charge in [-0.1, -0.05) is 0 Å². The van der Waals surface area contributed by atoms with Crippen molar-refractivity contribution in [1.29, 1.82) is 5.26 Å². The van der Waals surface area contributed by atoms with Gasteiger partial charge in [0, 0.05) is 19.2 Å². The first-order chi connectivity index (χ1) is 6.79. The molecule has 1 aliphatic rings. The van der Waals surface area contributed by atoms with E-state index in [1.165, 1.54) is 0 Å². The first-order valence-corrected chi connectivity index (χ1v) is 5.03. The summed E-state index contributed by atoms with van der Waals surface area (Å²) in [5.41, 5.74) is 0. The Labute approximate surface area is 84.4 Å². The Morgan fingerprint density at radius 2 is 2.36 bits per heavy atom. The lowest BCUT2D eigenvalue weighted by molar-refractivity contribution is -0.136. The number of nitriles is 1. The fourth-order valence-electron chi connectivity index (χ4n) is 1.34. The van der Waals surface area contributed by atoms with Crippen LogP contribution in [0, 0.1) is 11.3 Å². The van der Waals surface area contributed by atoms with E-state index in [2.05, 4.69) is 6.07 Å². The van der Waals surface area contributed by atoms with Crippen LogP contribution in [0.3, 0.4) is 0 Å². The third-order valence-electron chi connectivity index (χ3n) is 2.20. The summed E-state index contributed by atoms with van der Waals surface area (Å²) >= 11 is 0. The van der Waals surface area contributed by atoms with Gasteiger partial charge in [0.05, 0.1) is 12.5 Å². The minimum absolute atomic E-state index is 0.0181. The third kappa shape index (κ3) is 3.35. The van der Waals surface area contributed by atoms with Crippen LogP contribution in [-0.2, 0) is 9.53 Å². The van der Waals surface area contributed by atoms with Crippen LogP contribution in [0.5, 0.6) is 0 Å². The number of ether oxygens (including phenoxy) is 1. The monoisotopic (exact) mass is 196 g/mol. The number of rotatable bonds is 6. The molecule has 0 aromatic rings. The fraction of sp³-hybridized carbons (Fsp3) is 0.800. The van der Waals surface area contributed by atoms with Gasteiger partial charge in [-0.15, -0.1) is 0 Å². The summed E-state index contributed by atoms with van der Waals surface area (Å²) in [7, 11) is 0. The average Bonchev–Trinajstić information content (AvgIpc) is 2.99. The topological polar surface area (TPSA) is 53.3 Å². The molecule has 0 aliphatic heterocycles. The van der Waals surface area contributed by atoms with E-state index in [0.717, 1.165) is 12.8 Å². The molecular formula is C10H16N2O2. The molecule has 0 heterocycles. The molecule has 0 N–H and O–H groups in total. The maximum atomic E-state index is 11.6. The van der Waals surface area contributed by atoms with E-state index in [9.17, 15) is 4.79 Å². The highest BCUT2D eigenvalue weighted by molar-refractivity contribution is 5.78. The molecule has 0 bridgehead atoms. The summed E-state index contributed by atoms with van der Waals surface area (Å²) in [5.74, 6) is 0.0181. The summed E-state index contributed by atoms with van der Waals surface area (Å²) in [6, 6.07) is 2.43. The molecule has 14 heavy (non-hydrogen) atoms. The van der Waals surface area contributed by atoms with E-state index in [4.69, 9.17) is 10.00 Å². The van der Waals surface area contributed by atoms with Crippen LogP contribution in [0.25, 0.3) is 0 Å². The summed E-state index contributed by atoms with van der Waals surface area (Å²) in [5, 5.41) is 8.46. The molecule has 78 valence electrons. The van der Waals surface area contributed by atoms with Crippen molar-refractivity contribution in [3.63, 3.8) is 0 Å². The molecule has 1 saturated carbocycles. The molecule has 1 rings (SSSR count). The van der Waals surface area contributed by atoms with Gasteiger partial charge in [-0.05, 0) is 19.8 Å². The molecule has 4 heteroatoms. The van der Waals surface area contributed by atoms with Crippen LogP contribution in [0.4, 0.5) is 0 Å². The van der Waals surface area contributed by atoms with Gasteiger partial charge < -0.3 is 9.64 Å². The summed E-state index contributed by atoms with van der Waals surface area (Å²) in [4.78, 5) is 13.4. The molecular weight excluding hydrogens is 180 g/mol. The van der Waals surface area contributed by atoms with Gasteiger partial charge in [0.25, 0.3) is 0 Å². The zero-order chi connectivity index (χ0) is 10.4. The van der Waals surface area contributed by atoms with Gasteiger partial charge in [-0.3, -0.25) is 4.79 Å². The van der Waals surface area contributed by atoms with Crippen molar-refractivity contribution >= 4 is 5.91 Å². The van der Waals surface area contributed by atoms with E-state index in [-0.39, 0.29) is 12.5 Å². The summed E-state index contributed by atoms with van der Waals surface area (Å²) in [6.45, 7) is 3.12. The lowest BCUT2D eigenvalue weighted by Gasteiger charge is -2.20. The second-order valence-electron chi connectivity index (χ2n) is 3.36. The van der Waals surface area contributed by atoms with Crippen molar-refractivity contribution in [3.05, 3.63) is 0 Å². The van der Waals surface area contributed by atoms with Crippen LogP contribution >= 0.6 is 0 Å². The van der Waals surface area contributed by atoms with Crippen LogP contribution in [0.2, 0.25) is 0 Å². The van der Waals surface area contributed by atoms with Gasteiger partial charge in [0.15, 0.2) is 0 Å². The minimum Gasteiger partial charge on any atom is -0.372 e. The van der Waals surface area contributed by atoms with Crippen molar-refractivity contribution in [3.8, 4) is 6.07 Å². The Hall–Kier alpha value is -1.08. The fourth-order valence-corrected chi connectivity index (χ4v) is 1.34. The van der Waals surface area contributed by atoms with Crippen molar-refractivity contribution in [2.75, 3.05) is 19.8 Å². The summed E-state index contributed by atoms with van der Waals surface area (Å²) in [6.07, 6.45) is 2.56. The predicted octanol–water partition coefficient (Wildman–Crippen LogP) is 0.928. The molecule has 0 atom stereocenters. The van der Waals surface area contributed by atoms with E-state index >= 15 is 0 Å². The standard InChI is InChI=1S/C10H16N2O2/c1-2-14-8-10(13)12(7-3-6-11)9-4-5-9/h9H,2-5,7-8H2,1H3. The van der Waals surface area contributed by atoms with Crippen LogP contribution in [0.15, 0.2) is 0 Å². The number of nitrogens with zero attached hydrogens (tertiary/aromatic N) is 2. The molecule has 0 radical (unpaired) electrons. The van der Waals surface area contributed by atoms with Crippen LogP contribution in [0.1, 0.15) is 26.2 Å². The zero-order valence-electron chi connectivity index (χ0n) is 8.53. The molecule has 1 fully saturated rings. The van der Waals surface area contributed by atoms with Gasteiger partial charge >= 0.3 is 0 Å². The first kappa shape index (κ1) is 11.0. The molecule has 0 spiro atoms. The maximum absolute atomic E-state index is 11.6. The van der Waals surface area contributed by atoms with Crippen molar-refractivity contribution in [2.45, 2.75) is 32.2 Å². The Morgan fingerprint density at radius 3 is 2.86 bits per heavy atom. The normalized spacial score (nSPS) is 14.9. The number of carbonyl (C=O) groups is 1. The van der Waals surface area contributed by atoms with Crippen LogP contribution < -0.4 is 0 Å². The Bertz CT molecular complexity index is 231. The Kier molecular flexibility index (Phi) is 4.41. The highest BCUT2D eigenvalue weighted by Gasteiger charge is 2.31. The second kappa shape index (κ2) is 5.61. The third-order valence-corrected chi connectivity index (χ3v) is 2.20. The van der Waals surface area contributed by atoms with Crippen molar-refractivity contribution in [2.24, 2.45) is 0 Å². The van der Waals surface area contributed by atoms with E-state index in [1.54, 1.807) is 4.90 Å². The maximum Gasteiger partial charge on any atom is 0.248 e. The number of carbonyl (C=O) groups excluding carboxylic acids is 1. The highest BCUT2D eigenvalue weighted by atomic mass is 16.5. The number of hydrogen-bond acceptors (Lipinski definition) is 3. The van der Waals surface area contributed by atoms with Crippen LogP contribution in [-0.4, -0.2) is 36.6 Å². The summed E-state index contributed by atoms with van der Waals surface area (Å²) < 4.78 is 5.06. The van der Waals surface area contributed by atoms with E-state index < -0.39 is 0 Å². The Balaban J connectivity index is 2.33. The molecule has 0 aromatic heterocycles. The minimum atomic E-state index is 0.0181. The average molecular weight is 196 g/mol. The largest absolute Gasteiger partial charge is 0.372 e. The van der Waals surface area contributed by atoms with Gasteiger partial charge in [0.1, 0.15) is 6.61 Å². The van der Waals surface area contributed by atoms with E-state index in [1.807, 2.05) is 6.92 Å². The number of amides is 1. The number of hydrogen-bond donors (Lipinski definition) is 0. The van der Waals surface area contributed by atoms with Crippen molar-refractivity contribution < 1.29 is 9.53 Å². The molecule has 1 amide bonds. The quantitative estimate of drug-likeness (QED) is 0.635. The zero-order valence-corrected chi connectivity index (χ0v) is 8.53. The first-order valence-electron chi connectivity index (χ1n) is 5.03.